The molecule has 0 bridgehead atoms. The van der Waals surface area contributed by atoms with Gasteiger partial charge in [0.2, 0.25) is 5.91 Å². The van der Waals surface area contributed by atoms with Crippen LogP contribution in [0.1, 0.15) is 31.2 Å². The van der Waals surface area contributed by atoms with Crippen LogP contribution in [0.25, 0.3) is 0 Å². The van der Waals surface area contributed by atoms with Crippen LogP contribution >= 0.6 is 0 Å². The molecular weight excluding hydrogens is 264 g/mol. The van der Waals surface area contributed by atoms with E-state index in [1.54, 1.807) is 17.3 Å². The second-order valence-corrected chi connectivity index (χ2v) is 5.56. The minimum atomic E-state index is 0.0189. The molecule has 1 amide bonds. The third-order valence-electron chi connectivity index (χ3n) is 4.18. The summed E-state index contributed by atoms with van der Waals surface area (Å²) in [6.45, 7) is 1.55. The molecule has 1 aliphatic rings. The zero-order chi connectivity index (χ0) is 15.1. The van der Waals surface area contributed by atoms with Gasteiger partial charge < -0.3 is 10.6 Å². The zero-order valence-electron chi connectivity index (χ0n) is 12.2. The second-order valence-electron chi connectivity index (χ2n) is 5.56. The molecule has 1 heterocycles. The standard InChI is InChI=1S/C16H22N4O/c17-7-3-9-20(12-13-4-2-8-19-11-13)16(21)15-6-1-5-14(15)10-18/h2,4,8,11,14-15H,1,3,5-6,9-10,12,18H2. The van der Waals surface area contributed by atoms with Gasteiger partial charge in [-0.15, -0.1) is 0 Å². The molecule has 5 heteroatoms. The van der Waals surface area contributed by atoms with Crippen LogP contribution < -0.4 is 5.73 Å². The molecule has 0 spiro atoms. The van der Waals surface area contributed by atoms with Gasteiger partial charge in [0.25, 0.3) is 0 Å². The van der Waals surface area contributed by atoms with Crippen LogP contribution in [0.15, 0.2) is 24.5 Å². The molecule has 2 unspecified atom stereocenters. The van der Waals surface area contributed by atoms with Gasteiger partial charge in [0.1, 0.15) is 0 Å². The molecule has 5 nitrogen and oxygen atoms in total. The first-order chi connectivity index (χ1) is 10.3. The van der Waals surface area contributed by atoms with Gasteiger partial charge in [0.05, 0.1) is 12.5 Å². The van der Waals surface area contributed by atoms with E-state index in [0.29, 0.717) is 26.1 Å². The summed E-state index contributed by atoms with van der Waals surface area (Å²) in [6.07, 6.45) is 6.85. The average molecular weight is 286 g/mol. The third-order valence-corrected chi connectivity index (χ3v) is 4.18. The van der Waals surface area contributed by atoms with Gasteiger partial charge in [0.15, 0.2) is 0 Å². The van der Waals surface area contributed by atoms with Crippen LogP contribution in [0, 0.1) is 23.2 Å². The van der Waals surface area contributed by atoms with E-state index in [2.05, 4.69) is 11.1 Å². The Hall–Kier alpha value is -1.93. The predicted octanol–water partition coefficient (Wildman–Crippen LogP) is 1.70. The number of amides is 1. The lowest BCUT2D eigenvalue weighted by molar-refractivity contribution is -0.137. The van der Waals surface area contributed by atoms with E-state index < -0.39 is 0 Å². The van der Waals surface area contributed by atoms with E-state index in [-0.39, 0.29) is 17.7 Å². The van der Waals surface area contributed by atoms with Crippen molar-refractivity contribution in [1.29, 1.82) is 5.26 Å². The van der Waals surface area contributed by atoms with E-state index in [0.717, 1.165) is 24.8 Å². The van der Waals surface area contributed by atoms with Crippen LogP contribution in [0.5, 0.6) is 0 Å². The molecule has 1 saturated carbocycles. The van der Waals surface area contributed by atoms with Crippen molar-refractivity contribution in [2.75, 3.05) is 13.1 Å². The number of rotatable bonds is 6. The fraction of sp³-hybridized carbons (Fsp3) is 0.562. The fourth-order valence-electron chi connectivity index (χ4n) is 3.04. The van der Waals surface area contributed by atoms with Crippen LogP contribution in [-0.4, -0.2) is 28.9 Å². The summed E-state index contributed by atoms with van der Waals surface area (Å²) >= 11 is 0. The Labute approximate surface area is 125 Å². The fourth-order valence-corrected chi connectivity index (χ4v) is 3.04. The monoisotopic (exact) mass is 286 g/mol. The molecule has 0 saturated heterocycles. The maximum atomic E-state index is 12.8. The number of nitrogens with zero attached hydrogens (tertiary/aromatic N) is 3. The molecule has 112 valence electrons. The number of pyridine rings is 1. The number of carbonyl (C=O) groups excluding carboxylic acids is 1. The first kappa shape index (κ1) is 15.5. The number of carbonyl (C=O) groups is 1. The maximum absolute atomic E-state index is 12.8. The number of aromatic nitrogens is 1. The number of nitrogens with two attached hydrogens (primary N) is 1. The Balaban J connectivity index is 2.08. The minimum absolute atomic E-state index is 0.0189. The first-order valence-corrected chi connectivity index (χ1v) is 7.51. The smallest absolute Gasteiger partial charge is 0.226 e. The molecule has 2 atom stereocenters. The summed E-state index contributed by atoms with van der Waals surface area (Å²) in [5.74, 6) is 0.448. The van der Waals surface area contributed by atoms with Crippen molar-refractivity contribution < 1.29 is 4.79 Å². The van der Waals surface area contributed by atoms with E-state index in [1.807, 2.05) is 12.1 Å². The molecule has 2 N–H and O–H groups in total. The van der Waals surface area contributed by atoms with Crippen molar-refractivity contribution in [3.63, 3.8) is 0 Å². The van der Waals surface area contributed by atoms with E-state index >= 15 is 0 Å². The minimum Gasteiger partial charge on any atom is -0.337 e. The van der Waals surface area contributed by atoms with Gasteiger partial charge >= 0.3 is 0 Å². The molecule has 1 fully saturated rings. The van der Waals surface area contributed by atoms with Crippen molar-refractivity contribution >= 4 is 5.91 Å². The molecule has 0 aliphatic heterocycles. The Morgan fingerprint density at radius 1 is 1.52 bits per heavy atom. The van der Waals surface area contributed by atoms with Crippen LogP contribution in [0.3, 0.4) is 0 Å². The summed E-state index contributed by atoms with van der Waals surface area (Å²) in [5.41, 5.74) is 6.77. The Kier molecular flexibility index (Phi) is 5.70. The van der Waals surface area contributed by atoms with Crippen molar-refractivity contribution in [3.8, 4) is 6.07 Å². The highest BCUT2D eigenvalue weighted by Crippen LogP contribution is 2.32. The van der Waals surface area contributed by atoms with Gasteiger partial charge in [-0.25, -0.2) is 0 Å². The van der Waals surface area contributed by atoms with Gasteiger partial charge in [0, 0.05) is 31.4 Å². The number of hydrogen-bond donors (Lipinski definition) is 1. The topological polar surface area (TPSA) is 83.0 Å². The van der Waals surface area contributed by atoms with E-state index in [9.17, 15) is 4.79 Å². The molecule has 21 heavy (non-hydrogen) atoms. The third kappa shape index (κ3) is 4.02. The number of hydrogen-bond acceptors (Lipinski definition) is 4. The van der Waals surface area contributed by atoms with E-state index in [4.69, 9.17) is 11.0 Å². The summed E-state index contributed by atoms with van der Waals surface area (Å²) in [7, 11) is 0. The maximum Gasteiger partial charge on any atom is 0.226 e. The first-order valence-electron chi connectivity index (χ1n) is 7.51. The van der Waals surface area contributed by atoms with Crippen LogP contribution in [-0.2, 0) is 11.3 Å². The van der Waals surface area contributed by atoms with E-state index in [1.165, 1.54) is 0 Å². The van der Waals surface area contributed by atoms with Gasteiger partial charge in [-0.05, 0) is 36.9 Å². The predicted molar refractivity (Wildman–Crippen MR) is 79.8 cm³/mol. The molecule has 1 aromatic rings. The average Bonchev–Trinajstić information content (AvgIpc) is 3.00. The summed E-state index contributed by atoms with van der Waals surface area (Å²) in [5, 5.41) is 8.81. The summed E-state index contributed by atoms with van der Waals surface area (Å²) < 4.78 is 0. The lowest BCUT2D eigenvalue weighted by Crippen LogP contribution is -2.39. The zero-order valence-corrected chi connectivity index (χ0v) is 12.2. The van der Waals surface area contributed by atoms with Gasteiger partial charge in [-0.1, -0.05) is 12.5 Å². The highest BCUT2D eigenvalue weighted by Gasteiger charge is 2.34. The number of nitriles is 1. The molecule has 1 aliphatic carbocycles. The summed E-state index contributed by atoms with van der Waals surface area (Å²) in [6, 6.07) is 5.94. The van der Waals surface area contributed by atoms with Crippen LogP contribution in [0.4, 0.5) is 0 Å². The van der Waals surface area contributed by atoms with Crippen molar-refractivity contribution in [1.82, 2.24) is 9.88 Å². The molecular formula is C16H22N4O. The van der Waals surface area contributed by atoms with Crippen LogP contribution in [0.2, 0.25) is 0 Å². The summed E-state index contributed by atoms with van der Waals surface area (Å²) in [4.78, 5) is 18.6. The Morgan fingerprint density at radius 2 is 2.38 bits per heavy atom. The lowest BCUT2D eigenvalue weighted by atomic mass is 9.94. The Morgan fingerprint density at radius 3 is 3.05 bits per heavy atom. The Bertz CT molecular complexity index is 497. The van der Waals surface area contributed by atoms with Gasteiger partial charge in [-0.2, -0.15) is 5.26 Å². The highest BCUT2D eigenvalue weighted by molar-refractivity contribution is 5.79. The lowest BCUT2D eigenvalue weighted by Gasteiger charge is -2.27. The van der Waals surface area contributed by atoms with Crippen molar-refractivity contribution in [2.45, 2.75) is 32.2 Å². The SMILES string of the molecule is N#CCCN(Cc1cccnc1)C(=O)C1CCCC1CN. The highest BCUT2D eigenvalue weighted by atomic mass is 16.2. The second kappa shape index (κ2) is 7.75. The quantitative estimate of drug-likeness (QED) is 0.862. The molecule has 0 radical (unpaired) electrons. The van der Waals surface area contributed by atoms with Crippen molar-refractivity contribution in [2.24, 2.45) is 17.6 Å². The molecule has 1 aromatic heterocycles. The molecule has 2 rings (SSSR count). The normalized spacial score (nSPS) is 21.0. The van der Waals surface area contributed by atoms with Crippen molar-refractivity contribution in [3.05, 3.63) is 30.1 Å². The molecule has 0 aromatic carbocycles. The van der Waals surface area contributed by atoms with Gasteiger partial charge in [-0.3, -0.25) is 9.78 Å². The largest absolute Gasteiger partial charge is 0.337 e.